The average molecular weight is 433 g/mol. The summed E-state index contributed by atoms with van der Waals surface area (Å²) in [7, 11) is 1.76. The molecule has 1 fully saturated rings. The molecule has 2 N–H and O–H groups in total. The minimum Gasteiger partial charge on any atom is -0.392 e. The van der Waals surface area contributed by atoms with Crippen molar-refractivity contribution in [1.82, 2.24) is 10.2 Å². The Hall–Kier alpha value is -0.860. The number of aliphatic hydroxyl groups is 1. The third kappa shape index (κ3) is 5.93. The first-order chi connectivity index (χ1) is 10.8. The molecule has 130 valence electrons. The van der Waals surface area contributed by atoms with E-state index in [4.69, 9.17) is 9.73 Å². The minimum atomic E-state index is 0. The van der Waals surface area contributed by atoms with Gasteiger partial charge >= 0.3 is 0 Å². The van der Waals surface area contributed by atoms with E-state index in [1.165, 1.54) is 0 Å². The van der Waals surface area contributed by atoms with Crippen LogP contribution in [0.15, 0.2) is 29.3 Å². The summed E-state index contributed by atoms with van der Waals surface area (Å²) in [5, 5.41) is 12.8. The summed E-state index contributed by atoms with van der Waals surface area (Å²) in [6.45, 7) is 6.39. The van der Waals surface area contributed by atoms with Crippen LogP contribution in [0.3, 0.4) is 0 Å². The normalized spacial score (nSPS) is 18.0. The van der Waals surface area contributed by atoms with Crippen LogP contribution in [-0.4, -0.2) is 49.3 Å². The fraction of sp³-hybridized carbons (Fsp3) is 0.588. The van der Waals surface area contributed by atoms with Crippen molar-refractivity contribution in [3.05, 3.63) is 35.4 Å². The van der Waals surface area contributed by atoms with E-state index >= 15 is 0 Å². The van der Waals surface area contributed by atoms with Gasteiger partial charge in [-0.15, -0.1) is 24.0 Å². The van der Waals surface area contributed by atoms with Gasteiger partial charge in [-0.2, -0.15) is 0 Å². The highest BCUT2D eigenvalue weighted by atomic mass is 127. The number of guanidine groups is 1. The summed E-state index contributed by atoms with van der Waals surface area (Å²) in [6.07, 6.45) is 1.14. The van der Waals surface area contributed by atoms with Gasteiger partial charge in [0.15, 0.2) is 5.96 Å². The van der Waals surface area contributed by atoms with E-state index in [1.807, 2.05) is 24.3 Å². The first kappa shape index (κ1) is 20.2. The Morgan fingerprint density at radius 3 is 2.78 bits per heavy atom. The van der Waals surface area contributed by atoms with Crippen molar-refractivity contribution in [2.45, 2.75) is 26.5 Å². The Balaban J connectivity index is 0.00000264. The highest BCUT2D eigenvalue weighted by Gasteiger charge is 2.24. The Labute approximate surface area is 156 Å². The van der Waals surface area contributed by atoms with Crippen molar-refractivity contribution < 1.29 is 9.84 Å². The van der Waals surface area contributed by atoms with Gasteiger partial charge in [0.2, 0.25) is 0 Å². The summed E-state index contributed by atoms with van der Waals surface area (Å²) in [6, 6.07) is 7.90. The molecule has 1 aromatic carbocycles. The molecule has 0 spiro atoms. The van der Waals surface area contributed by atoms with Gasteiger partial charge < -0.3 is 20.1 Å². The Morgan fingerprint density at radius 2 is 2.13 bits per heavy atom. The number of hydrogen-bond donors (Lipinski definition) is 2. The van der Waals surface area contributed by atoms with Crippen molar-refractivity contribution >= 4 is 29.9 Å². The average Bonchev–Trinajstić information content (AvgIpc) is 3.00. The maximum atomic E-state index is 9.40. The summed E-state index contributed by atoms with van der Waals surface area (Å²) in [4.78, 5) is 7.05. The zero-order valence-electron chi connectivity index (χ0n) is 14.0. The quantitative estimate of drug-likeness (QED) is 0.411. The summed E-state index contributed by atoms with van der Waals surface area (Å²) in [5.74, 6) is 1.53. The number of nitrogens with zero attached hydrogens (tertiary/aromatic N) is 2. The molecule has 23 heavy (non-hydrogen) atoms. The summed E-state index contributed by atoms with van der Waals surface area (Å²) < 4.78 is 5.26. The second-order valence-electron chi connectivity index (χ2n) is 5.65. The smallest absolute Gasteiger partial charge is 0.194 e. The number of methoxy groups -OCH3 is 1. The van der Waals surface area contributed by atoms with Gasteiger partial charge in [-0.3, -0.25) is 0 Å². The van der Waals surface area contributed by atoms with E-state index in [1.54, 1.807) is 7.11 Å². The molecule has 1 aromatic rings. The number of benzene rings is 1. The van der Waals surface area contributed by atoms with Crippen molar-refractivity contribution in [2.24, 2.45) is 10.9 Å². The van der Waals surface area contributed by atoms with Crippen molar-refractivity contribution in [1.29, 1.82) is 0 Å². The van der Waals surface area contributed by atoms with Crippen molar-refractivity contribution in [3.63, 3.8) is 0 Å². The molecule has 0 aliphatic carbocycles. The van der Waals surface area contributed by atoms with Gasteiger partial charge in [0.05, 0.1) is 19.8 Å². The number of ether oxygens (including phenoxy) is 1. The monoisotopic (exact) mass is 433 g/mol. The SMILES string of the molecule is CCNC(=NCc1ccccc1CO)N1CCC(COC)C1.I. The van der Waals surface area contributed by atoms with Gasteiger partial charge in [-0.25, -0.2) is 4.99 Å². The number of aliphatic imine (C=N–C) groups is 1. The molecule has 0 saturated carbocycles. The van der Waals surface area contributed by atoms with Gasteiger partial charge in [0.1, 0.15) is 0 Å². The van der Waals surface area contributed by atoms with Gasteiger partial charge in [0, 0.05) is 32.7 Å². The van der Waals surface area contributed by atoms with Crippen LogP contribution in [0.4, 0.5) is 0 Å². The number of likely N-dealkylation sites (tertiary alicyclic amines) is 1. The van der Waals surface area contributed by atoms with Crippen LogP contribution >= 0.6 is 24.0 Å². The molecule has 0 bridgehead atoms. The zero-order chi connectivity index (χ0) is 15.8. The van der Waals surface area contributed by atoms with E-state index < -0.39 is 0 Å². The lowest BCUT2D eigenvalue weighted by Crippen LogP contribution is -2.40. The van der Waals surface area contributed by atoms with E-state index in [-0.39, 0.29) is 30.6 Å². The van der Waals surface area contributed by atoms with Gasteiger partial charge in [-0.1, -0.05) is 24.3 Å². The third-order valence-corrected chi connectivity index (χ3v) is 4.01. The maximum Gasteiger partial charge on any atom is 0.194 e. The highest BCUT2D eigenvalue weighted by molar-refractivity contribution is 14.0. The summed E-state index contributed by atoms with van der Waals surface area (Å²) in [5.41, 5.74) is 2.02. The fourth-order valence-electron chi connectivity index (χ4n) is 2.85. The molecule has 1 unspecified atom stereocenters. The highest BCUT2D eigenvalue weighted by Crippen LogP contribution is 2.17. The molecule has 1 aliphatic rings. The van der Waals surface area contributed by atoms with Crippen LogP contribution in [0.25, 0.3) is 0 Å². The van der Waals surface area contributed by atoms with E-state index in [2.05, 4.69) is 17.1 Å². The molecule has 0 radical (unpaired) electrons. The molecule has 1 heterocycles. The van der Waals surface area contributed by atoms with Crippen LogP contribution in [0.5, 0.6) is 0 Å². The van der Waals surface area contributed by atoms with Crippen LogP contribution in [0.2, 0.25) is 0 Å². The van der Waals surface area contributed by atoms with Crippen LogP contribution in [-0.2, 0) is 17.9 Å². The molecular weight excluding hydrogens is 405 g/mol. The number of rotatable bonds is 6. The van der Waals surface area contributed by atoms with Crippen molar-refractivity contribution in [3.8, 4) is 0 Å². The van der Waals surface area contributed by atoms with Gasteiger partial charge in [0.25, 0.3) is 0 Å². The fourth-order valence-corrected chi connectivity index (χ4v) is 2.85. The first-order valence-electron chi connectivity index (χ1n) is 7.98. The van der Waals surface area contributed by atoms with E-state index in [0.717, 1.165) is 49.7 Å². The van der Waals surface area contributed by atoms with Crippen molar-refractivity contribution in [2.75, 3.05) is 33.4 Å². The van der Waals surface area contributed by atoms with E-state index in [0.29, 0.717) is 12.5 Å². The van der Waals surface area contributed by atoms with Gasteiger partial charge in [-0.05, 0) is 24.5 Å². The number of nitrogens with one attached hydrogen (secondary N) is 1. The molecular formula is C17H28IN3O2. The van der Waals surface area contributed by atoms with Crippen LogP contribution < -0.4 is 5.32 Å². The topological polar surface area (TPSA) is 57.1 Å². The number of halogens is 1. The molecule has 0 aromatic heterocycles. The molecule has 2 rings (SSSR count). The third-order valence-electron chi connectivity index (χ3n) is 4.01. The van der Waals surface area contributed by atoms with E-state index in [9.17, 15) is 5.11 Å². The predicted octanol–water partition coefficient (Wildman–Crippen LogP) is 2.23. The molecule has 5 nitrogen and oxygen atoms in total. The lowest BCUT2D eigenvalue weighted by molar-refractivity contribution is 0.157. The molecule has 1 saturated heterocycles. The van der Waals surface area contributed by atoms with Crippen LogP contribution in [0, 0.1) is 5.92 Å². The second kappa shape index (κ2) is 10.8. The zero-order valence-corrected chi connectivity index (χ0v) is 16.3. The lowest BCUT2D eigenvalue weighted by Gasteiger charge is -2.21. The number of hydrogen-bond acceptors (Lipinski definition) is 3. The maximum absolute atomic E-state index is 9.40. The predicted molar refractivity (Wildman–Crippen MR) is 104 cm³/mol. The molecule has 0 amide bonds. The number of aliphatic hydroxyl groups excluding tert-OH is 1. The lowest BCUT2D eigenvalue weighted by atomic mass is 10.1. The first-order valence-corrected chi connectivity index (χ1v) is 7.98. The molecule has 1 aliphatic heterocycles. The minimum absolute atomic E-state index is 0. The van der Waals surface area contributed by atoms with Crippen LogP contribution in [0.1, 0.15) is 24.5 Å². The Kier molecular flexibility index (Phi) is 9.50. The summed E-state index contributed by atoms with van der Waals surface area (Å²) >= 11 is 0. The Bertz CT molecular complexity index is 496. The molecule has 1 atom stereocenters. The largest absolute Gasteiger partial charge is 0.392 e. The second-order valence-corrected chi connectivity index (χ2v) is 5.65. The Morgan fingerprint density at radius 1 is 1.39 bits per heavy atom. The standard InChI is InChI=1S/C17H27N3O2.HI/c1-3-18-17(20-9-8-14(11-20)13-22-2)19-10-15-6-4-5-7-16(15)12-21;/h4-7,14,21H,3,8-13H2,1-2H3,(H,18,19);1H. The molecule has 6 heteroatoms.